The van der Waals surface area contributed by atoms with E-state index in [-0.39, 0.29) is 0 Å². The zero-order valence-corrected chi connectivity index (χ0v) is 13.8. The van der Waals surface area contributed by atoms with Crippen LogP contribution in [0.1, 0.15) is 11.1 Å². The van der Waals surface area contributed by atoms with Crippen molar-refractivity contribution in [2.45, 2.75) is 6.42 Å². The summed E-state index contributed by atoms with van der Waals surface area (Å²) in [6.07, 6.45) is 5.76. The Hall–Kier alpha value is -3.12. The van der Waals surface area contributed by atoms with Crippen molar-refractivity contribution in [2.75, 3.05) is 0 Å². The van der Waals surface area contributed by atoms with E-state index in [1.807, 2.05) is 0 Å². The van der Waals surface area contributed by atoms with Gasteiger partial charge in [0.2, 0.25) is 0 Å². The average molecular weight is 316 g/mol. The van der Waals surface area contributed by atoms with Crippen LogP contribution in [-0.2, 0) is 6.42 Å². The van der Waals surface area contributed by atoms with Crippen LogP contribution in [0.4, 0.5) is 0 Å². The minimum atomic E-state index is 1.01. The first-order valence-electron chi connectivity index (χ1n) is 8.84. The molecule has 0 amide bonds. The van der Waals surface area contributed by atoms with Crippen molar-refractivity contribution in [1.29, 1.82) is 0 Å². The molecule has 0 spiro atoms. The van der Waals surface area contributed by atoms with E-state index in [0.717, 1.165) is 6.42 Å². The lowest BCUT2D eigenvalue weighted by Gasteiger charge is -2.21. The number of fused-ring (bicyclic) bond motifs is 8. The molecule has 0 saturated heterocycles. The molecule has 4 aromatic carbocycles. The van der Waals surface area contributed by atoms with Crippen molar-refractivity contribution in [3.63, 3.8) is 0 Å². The second-order valence-electron chi connectivity index (χ2n) is 6.97. The lowest BCUT2D eigenvalue weighted by atomic mass is 9.82. The quantitative estimate of drug-likeness (QED) is 0.417. The Morgan fingerprint density at radius 1 is 0.560 bits per heavy atom. The van der Waals surface area contributed by atoms with Crippen LogP contribution in [0.3, 0.4) is 0 Å². The maximum Gasteiger partial charge on any atom is -0.000132 e. The maximum absolute atomic E-state index is 2.41. The van der Waals surface area contributed by atoms with Crippen LogP contribution < -0.4 is 10.4 Å². The fraction of sp³-hybridized carbons (Fsp3) is 0.0400. The zero-order chi connectivity index (χ0) is 16.4. The van der Waals surface area contributed by atoms with Gasteiger partial charge >= 0.3 is 0 Å². The molecular weight excluding hydrogens is 300 g/mol. The predicted molar refractivity (Wildman–Crippen MR) is 107 cm³/mol. The Bertz CT molecular complexity index is 1350. The standard InChI is InChI=1S/C25H16/c1-2-8-18-16(7-1)13-17-14-24-21-11-5-3-9-19(21)20-10-4-6-12-22(20)25(24)15-23(17)18/h1-14H,15H2. The Balaban J connectivity index is 1.82. The number of hydrogen-bond acceptors (Lipinski definition) is 0. The van der Waals surface area contributed by atoms with Gasteiger partial charge in [-0.05, 0) is 72.8 Å². The predicted octanol–water partition coefficient (Wildman–Crippen LogP) is 4.58. The smallest absolute Gasteiger partial charge is 0.000132 e. The summed E-state index contributed by atoms with van der Waals surface area (Å²) in [5.74, 6) is 0. The number of allylic oxidation sites excluding steroid dienone is 1. The Kier molecular flexibility index (Phi) is 2.48. The summed E-state index contributed by atoms with van der Waals surface area (Å²) in [4.78, 5) is 0. The molecule has 0 unspecified atom stereocenters. The summed E-state index contributed by atoms with van der Waals surface area (Å²) in [7, 11) is 0. The molecule has 25 heavy (non-hydrogen) atoms. The highest BCUT2D eigenvalue weighted by Crippen LogP contribution is 2.40. The highest BCUT2D eigenvalue weighted by atomic mass is 14.3. The molecule has 6 rings (SSSR count). The van der Waals surface area contributed by atoms with Crippen molar-refractivity contribution in [2.24, 2.45) is 0 Å². The normalized spacial score (nSPS) is 14.7. The molecule has 0 aromatic heterocycles. The third-order valence-electron chi connectivity index (χ3n) is 5.68. The molecule has 0 atom stereocenters. The first kappa shape index (κ1) is 13.2. The third-order valence-corrected chi connectivity index (χ3v) is 5.68. The Morgan fingerprint density at radius 3 is 2.04 bits per heavy atom. The van der Waals surface area contributed by atoms with Gasteiger partial charge in [-0.15, -0.1) is 0 Å². The summed E-state index contributed by atoms with van der Waals surface area (Å²) >= 11 is 0. The van der Waals surface area contributed by atoms with E-state index in [1.54, 1.807) is 0 Å². The van der Waals surface area contributed by atoms with Gasteiger partial charge in [0, 0.05) is 0 Å². The lowest BCUT2D eigenvalue weighted by molar-refractivity contribution is 1.28. The van der Waals surface area contributed by atoms with Gasteiger partial charge in [-0.2, -0.15) is 0 Å². The first-order chi connectivity index (χ1) is 12.4. The molecule has 0 heterocycles. The number of benzene rings is 4. The molecule has 0 bridgehead atoms. The van der Waals surface area contributed by atoms with Crippen molar-refractivity contribution in [1.82, 2.24) is 0 Å². The van der Waals surface area contributed by atoms with Crippen LogP contribution in [0.15, 0.2) is 78.4 Å². The first-order valence-corrected chi connectivity index (χ1v) is 8.84. The van der Waals surface area contributed by atoms with Crippen LogP contribution in [0, 0.1) is 0 Å². The minimum Gasteiger partial charge on any atom is -0.0616 e. The Labute approximate surface area is 146 Å². The number of hydrogen-bond donors (Lipinski definition) is 0. The van der Waals surface area contributed by atoms with E-state index in [4.69, 9.17) is 0 Å². The molecule has 0 radical (unpaired) electrons. The largest absolute Gasteiger partial charge is 0.0616 e. The van der Waals surface area contributed by atoms with Gasteiger partial charge in [-0.25, -0.2) is 0 Å². The van der Waals surface area contributed by atoms with Crippen LogP contribution >= 0.6 is 0 Å². The SMILES string of the molecule is C1=C2C=c3ccccc3=C2Cc2c1c1ccccc1c1ccccc21. The summed E-state index contributed by atoms with van der Waals surface area (Å²) in [6, 6.07) is 26.4. The van der Waals surface area contributed by atoms with Crippen LogP contribution in [-0.4, -0.2) is 0 Å². The summed E-state index contributed by atoms with van der Waals surface area (Å²) in [6.45, 7) is 0. The second kappa shape index (κ2) is 4.70. The highest BCUT2D eigenvalue weighted by molar-refractivity contribution is 6.15. The molecule has 0 saturated carbocycles. The van der Waals surface area contributed by atoms with Gasteiger partial charge in [0.25, 0.3) is 0 Å². The van der Waals surface area contributed by atoms with Crippen LogP contribution in [0.25, 0.3) is 39.3 Å². The van der Waals surface area contributed by atoms with E-state index in [1.165, 1.54) is 54.3 Å². The van der Waals surface area contributed by atoms with Gasteiger partial charge in [0.15, 0.2) is 0 Å². The molecule has 2 aliphatic rings. The topological polar surface area (TPSA) is 0 Å². The fourth-order valence-electron chi connectivity index (χ4n) is 4.56. The zero-order valence-electron chi connectivity index (χ0n) is 13.8. The fourth-order valence-corrected chi connectivity index (χ4v) is 4.56. The number of rotatable bonds is 0. The molecule has 0 nitrogen and oxygen atoms in total. The molecule has 0 aliphatic heterocycles. The molecule has 0 N–H and O–H groups in total. The molecule has 0 fully saturated rings. The molecule has 116 valence electrons. The van der Waals surface area contributed by atoms with E-state index in [9.17, 15) is 0 Å². The van der Waals surface area contributed by atoms with Gasteiger partial charge in [0.05, 0.1) is 0 Å². The van der Waals surface area contributed by atoms with Gasteiger partial charge in [-0.1, -0.05) is 72.8 Å². The third kappa shape index (κ3) is 1.71. The van der Waals surface area contributed by atoms with Gasteiger partial charge in [-0.3, -0.25) is 0 Å². The van der Waals surface area contributed by atoms with Crippen molar-refractivity contribution >= 4 is 39.3 Å². The molecule has 2 aliphatic carbocycles. The van der Waals surface area contributed by atoms with Crippen molar-refractivity contribution in [3.05, 3.63) is 99.9 Å². The molecule has 0 heteroatoms. The summed E-state index contributed by atoms with van der Waals surface area (Å²) in [5.41, 5.74) is 5.73. The highest BCUT2D eigenvalue weighted by Gasteiger charge is 2.22. The van der Waals surface area contributed by atoms with Crippen LogP contribution in [0.5, 0.6) is 0 Å². The summed E-state index contributed by atoms with van der Waals surface area (Å²) in [5, 5.41) is 8.23. The van der Waals surface area contributed by atoms with E-state index in [0.29, 0.717) is 0 Å². The molecule has 4 aromatic rings. The van der Waals surface area contributed by atoms with Gasteiger partial charge in [0.1, 0.15) is 0 Å². The minimum absolute atomic E-state index is 1.01. The second-order valence-corrected chi connectivity index (χ2v) is 6.97. The van der Waals surface area contributed by atoms with E-state index < -0.39 is 0 Å². The monoisotopic (exact) mass is 316 g/mol. The maximum atomic E-state index is 2.41. The van der Waals surface area contributed by atoms with E-state index >= 15 is 0 Å². The summed E-state index contributed by atoms with van der Waals surface area (Å²) < 4.78 is 0. The van der Waals surface area contributed by atoms with Crippen molar-refractivity contribution in [3.8, 4) is 0 Å². The van der Waals surface area contributed by atoms with Crippen molar-refractivity contribution < 1.29 is 0 Å². The van der Waals surface area contributed by atoms with Crippen LogP contribution in [0.2, 0.25) is 0 Å². The lowest BCUT2D eigenvalue weighted by Crippen LogP contribution is -2.22. The van der Waals surface area contributed by atoms with Gasteiger partial charge < -0.3 is 0 Å². The van der Waals surface area contributed by atoms with E-state index in [2.05, 4.69) is 84.9 Å². The Morgan fingerprint density at radius 2 is 1.20 bits per heavy atom. The average Bonchev–Trinajstić information content (AvgIpc) is 3.04. The molecular formula is C25H16.